The van der Waals surface area contributed by atoms with Gasteiger partial charge in [0.25, 0.3) is 0 Å². The number of carbonyl (C=O) groups excluding carboxylic acids is 2. The number of nitrogens with zero attached hydrogens (tertiary/aromatic N) is 1. The van der Waals surface area contributed by atoms with Crippen LogP contribution in [-0.2, 0) is 19.1 Å². The third-order valence-electron chi connectivity index (χ3n) is 5.28. The highest BCUT2D eigenvalue weighted by Crippen LogP contribution is 2.37. The Hall–Kier alpha value is -3.91. The molecule has 0 aliphatic carbocycles. The highest BCUT2D eigenvalue weighted by molar-refractivity contribution is 7.71. The molecule has 0 radical (unpaired) electrons. The molecule has 2 heterocycles. The van der Waals surface area contributed by atoms with Crippen molar-refractivity contribution in [3.8, 4) is 0 Å². The normalized spacial score (nSPS) is 15.9. The van der Waals surface area contributed by atoms with Gasteiger partial charge in [0.2, 0.25) is 5.55 Å². The van der Waals surface area contributed by atoms with Crippen LogP contribution >= 0.6 is 12.2 Å². The average molecular weight is 463 g/mol. The Labute approximate surface area is 195 Å². The zero-order valence-electron chi connectivity index (χ0n) is 18.1. The second-order valence-corrected chi connectivity index (χ2v) is 7.62. The molecule has 7 nitrogen and oxygen atoms in total. The second kappa shape index (κ2) is 9.30. The first-order chi connectivity index (χ1) is 16.0. The van der Waals surface area contributed by atoms with Crippen LogP contribution in [0, 0.1) is 4.64 Å². The van der Waals surface area contributed by atoms with E-state index in [2.05, 4.69) is 0 Å². The average Bonchev–Trinajstić information content (AvgIpc) is 3.15. The number of hydrogen-bond acceptors (Lipinski definition) is 7. The van der Waals surface area contributed by atoms with Crippen LogP contribution in [0.3, 0.4) is 0 Å². The van der Waals surface area contributed by atoms with Gasteiger partial charge in [-0.15, -0.1) is 0 Å². The van der Waals surface area contributed by atoms with Crippen LogP contribution in [0.4, 0.5) is 0 Å². The predicted molar refractivity (Wildman–Crippen MR) is 125 cm³/mol. The highest BCUT2D eigenvalue weighted by atomic mass is 32.1. The van der Waals surface area contributed by atoms with E-state index in [-0.39, 0.29) is 33.8 Å². The molecule has 0 spiro atoms. The van der Waals surface area contributed by atoms with Crippen LogP contribution in [0.15, 0.2) is 70.7 Å². The molecular weight excluding hydrogens is 440 g/mol. The van der Waals surface area contributed by atoms with Crippen molar-refractivity contribution < 1.29 is 23.5 Å². The Bertz CT molecular complexity index is 1420. The summed E-state index contributed by atoms with van der Waals surface area (Å²) in [4.78, 5) is 26.1. The molecule has 4 rings (SSSR count). The van der Waals surface area contributed by atoms with E-state index in [1.165, 1.54) is 11.7 Å². The molecule has 0 amide bonds. The molecule has 1 aliphatic heterocycles. The Morgan fingerprint density at radius 3 is 2.30 bits per heavy atom. The van der Waals surface area contributed by atoms with Crippen molar-refractivity contribution in [1.29, 1.82) is 0 Å². The first-order valence-electron chi connectivity index (χ1n) is 10.3. The summed E-state index contributed by atoms with van der Waals surface area (Å²) < 4.78 is 18.1. The van der Waals surface area contributed by atoms with Crippen molar-refractivity contribution in [3.05, 3.63) is 93.0 Å². The van der Waals surface area contributed by atoms with E-state index in [0.29, 0.717) is 11.0 Å². The second-order valence-electron chi connectivity index (χ2n) is 7.24. The fourth-order valence-electron chi connectivity index (χ4n) is 3.84. The summed E-state index contributed by atoms with van der Waals surface area (Å²) >= 11 is 5.63. The maximum absolute atomic E-state index is 13.1. The number of rotatable bonds is 5. The number of aromatic nitrogens is 1. The van der Waals surface area contributed by atoms with E-state index < -0.39 is 17.9 Å². The number of ether oxygens (including phenoxy) is 2. The van der Waals surface area contributed by atoms with Gasteiger partial charge in [-0.2, -0.15) is 0 Å². The maximum atomic E-state index is 13.1. The summed E-state index contributed by atoms with van der Waals surface area (Å²) in [6.45, 7) is 1.84. The molecule has 0 fully saturated rings. The van der Waals surface area contributed by atoms with E-state index in [1.54, 1.807) is 37.3 Å². The molecule has 1 unspecified atom stereocenters. The smallest absolute Gasteiger partial charge is 0.340 e. The largest absolute Gasteiger partial charge is 0.465 e. The summed E-state index contributed by atoms with van der Waals surface area (Å²) in [7, 11) is 1.27. The molecule has 168 valence electrons. The molecule has 0 saturated carbocycles. The maximum Gasteiger partial charge on any atom is 0.340 e. The van der Waals surface area contributed by atoms with Crippen LogP contribution in [0.5, 0.6) is 0 Å². The molecule has 33 heavy (non-hydrogen) atoms. The third kappa shape index (κ3) is 4.01. The van der Waals surface area contributed by atoms with E-state index in [4.69, 9.17) is 31.8 Å². The van der Waals surface area contributed by atoms with Crippen LogP contribution < -0.4 is 16.7 Å². The lowest BCUT2D eigenvalue weighted by atomic mass is 9.83. The van der Waals surface area contributed by atoms with Crippen molar-refractivity contribution >= 4 is 41.6 Å². The molecule has 1 aliphatic rings. The number of esters is 2. The Morgan fingerprint density at radius 1 is 1.06 bits per heavy atom. The first kappa shape index (κ1) is 22.3. The zero-order chi connectivity index (χ0) is 23.5. The molecule has 2 aromatic carbocycles. The predicted octanol–water partition coefficient (Wildman–Crippen LogP) is 2.45. The van der Waals surface area contributed by atoms with Crippen LogP contribution in [0.25, 0.3) is 17.5 Å². The summed E-state index contributed by atoms with van der Waals surface area (Å²) in [5, 5.41) is 0. The lowest BCUT2D eigenvalue weighted by Gasteiger charge is -2.26. The molecule has 1 atom stereocenters. The SMILES string of the molecule is CCOC(=O)C1=C(N)n2c(oc(=Cc3ccccc3)c2=S)=C(C(=O)OC)C1c1ccccc1. The van der Waals surface area contributed by atoms with Gasteiger partial charge in [-0.05, 0) is 24.1 Å². The van der Waals surface area contributed by atoms with Crippen molar-refractivity contribution in [3.63, 3.8) is 0 Å². The first-order valence-corrected chi connectivity index (χ1v) is 10.7. The molecule has 8 heteroatoms. The summed E-state index contributed by atoms with van der Waals surface area (Å²) in [6, 6.07) is 18.5. The number of nitrogens with two attached hydrogens (primary N) is 1. The molecular formula is C25H22N2O5S. The van der Waals surface area contributed by atoms with Crippen molar-refractivity contribution in [2.45, 2.75) is 12.8 Å². The highest BCUT2D eigenvalue weighted by Gasteiger charge is 2.40. The summed E-state index contributed by atoms with van der Waals surface area (Å²) in [5.74, 6) is -2.12. The molecule has 2 N–H and O–H groups in total. The number of methoxy groups -OCH3 is 1. The van der Waals surface area contributed by atoms with Crippen LogP contribution in [0.2, 0.25) is 0 Å². The molecule has 1 aromatic heterocycles. The minimum absolute atomic E-state index is 0.0476. The van der Waals surface area contributed by atoms with Gasteiger partial charge in [0, 0.05) is 0 Å². The number of hydrogen-bond donors (Lipinski definition) is 1. The topological polar surface area (TPSA) is 96.7 Å². The van der Waals surface area contributed by atoms with E-state index in [1.807, 2.05) is 36.4 Å². The lowest BCUT2D eigenvalue weighted by molar-refractivity contribution is -0.138. The van der Waals surface area contributed by atoms with Crippen LogP contribution in [-0.4, -0.2) is 30.2 Å². The Morgan fingerprint density at radius 2 is 1.70 bits per heavy atom. The minimum Gasteiger partial charge on any atom is -0.465 e. The van der Waals surface area contributed by atoms with Gasteiger partial charge < -0.3 is 19.6 Å². The van der Waals surface area contributed by atoms with Gasteiger partial charge in [0.1, 0.15) is 11.4 Å². The number of carbonyl (C=O) groups is 2. The van der Waals surface area contributed by atoms with Gasteiger partial charge in [-0.25, -0.2) is 9.59 Å². The van der Waals surface area contributed by atoms with Crippen molar-refractivity contribution in [1.82, 2.24) is 4.57 Å². The molecule has 0 bridgehead atoms. The van der Waals surface area contributed by atoms with E-state index >= 15 is 0 Å². The monoisotopic (exact) mass is 462 g/mol. The third-order valence-corrected chi connectivity index (χ3v) is 5.66. The quantitative estimate of drug-likeness (QED) is 0.460. The van der Waals surface area contributed by atoms with Gasteiger partial charge in [-0.3, -0.25) is 4.57 Å². The Balaban J connectivity index is 2.12. The van der Waals surface area contributed by atoms with Crippen molar-refractivity contribution in [2.75, 3.05) is 13.7 Å². The number of oxazole rings is 1. The van der Waals surface area contributed by atoms with Gasteiger partial charge in [-0.1, -0.05) is 72.9 Å². The standard InChI is InChI=1S/C25H22N2O5S/c1-3-31-25(29)19-18(16-12-8-5-9-13-16)20(24(28)30-2)22-27(21(19)26)23(33)17(32-22)14-15-10-6-4-7-11-15/h4-14,18H,3,26H2,1-2H3. The molecule has 0 saturated heterocycles. The van der Waals surface area contributed by atoms with E-state index in [0.717, 1.165) is 5.56 Å². The van der Waals surface area contributed by atoms with Gasteiger partial charge in [0.05, 0.1) is 25.2 Å². The van der Waals surface area contributed by atoms with Crippen LogP contribution in [0.1, 0.15) is 24.0 Å². The lowest BCUT2D eigenvalue weighted by Crippen LogP contribution is -2.37. The van der Waals surface area contributed by atoms with E-state index in [9.17, 15) is 9.59 Å². The minimum atomic E-state index is -0.858. The number of benzene rings is 2. The summed E-state index contributed by atoms with van der Waals surface area (Å²) in [6.07, 6.45) is 1.75. The number of fused-ring (bicyclic) bond motifs is 1. The fraction of sp³-hybridized carbons (Fsp3) is 0.160. The fourth-order valence-corrected chi connectivity index (χ4v) is 4.13. The van der Waals surface area contributed by atoms with Gasteiger partial charge in [0.15, 0.2) is 10.1 Å². The molecule has 3 aromatic rings. The van der Waals surface area contributed by atoms with Crippen molar-refractivity contribution in [2.24, 2.45) is 5.73 Å². The Kier molecular flexibility index (Phi) is 6.28. The van der Waals surface area contributed by atoms with Gasteiger partial charge >= 0.3 is 11.9 Å². The summed E-state index contributed by atoms with van der Waals surface area (Å²) in [5.41, 5.74) is 8.66. The zero-order valence-corrected chi connectivity index (χ0v) is 18.9.